The average Bonchev–Trinajstić information content (AvgIpc) is 2.88. The van der Waals surface area contributed by atoms with E-state index < -0.39 is 16.8 Å². The fourth-order valence-corrected chi connectivity index (χ4v) is 2.84. The van der Waals surface area contributed by atoms with E-state index in [1.54, 1.807) is 13.8 Å². The maximum atomic E-state index is 12.2. The van der Waals surface area contributed by atoms with Gasteiger partial charge in [0.05, 0.1) is 17.2 Å². The van der Waals surface area contributed by atoms with E-state index in [1.165, 1.54) is 12.1 Å². The number of aromatic nitrogens is 1. The number of hydrogen-bond donors (Lipinski definition) is 1. The Morgan fingerprint density at radius 2 is 2.17 bits per heavy atom. The van der Waals surface area contributed by atoms with Gasteiger partial charge in [0.15, 0.2) is 5.13 Å². The summed E-state index contributed by atoms with van der Waals surface area (Å²) in [6.45, 7) is 3.53. The van der Waals surface area contributed by atoms with E-state index in [0.29, 0.717) is 5.69 Å². The molecule has 8 nitrogen and oxygen atoms in total. The number of thiazole rings is 1. The maximum Gasteiger partial charge on any atom is 0.350 e. The summed E-state index contributed by atoms with van der Waals surface area (Å²) in [4.78, 5) is 38.5. The van der Waals surface area contributed by atoms with Gasteiger partial charge < -0.3 is 4.74 Å². The number of nitro groups is 1. The minimum atomic E-state index is -0.675. The zero-order valence-electron chi connectivity index (χ0n) is 12.7. The molecule has 1 aromatic carbocycles. The van der Waals surface area contributed by atoms with Crippen molar-refractivity contribution >= 4 is 45.6 Å². The third-order valence-corrected chi connectivity index (χ3v) is 4.26. The molecule has 1 N–H and O–H groups in total. The molecule has 0 saturated heterocycles. The van der Waals surface area contributed by atoms with Crippen molar-refractivity contribution in [3.63, 3.8) is 0 Å². The number of halogens is 1. The van der Waals surface area contributed by atoms with Crippen molar-refractivity contribution in [2.45, 2.75) is 13.8 Å². The lowest BCUT2D eigenvalue weighted by atomic mass is 10.2. The number of amides is 1. The Bertz CT molecular complexity index is 821. The molecule has 0 unspecified atom stereocenters. The van der Waals surface area contributed by atoms with E-state index in [4.69, 9.17) is 16.3 Å². The van der Waals surface area contributed by atoms with E-state index in [0.717, 1.165) is 17.4 Å². The fourth-order valence-electron chi connectivity index (χ4n) is 1.80. The first kappa shape index (κ1) is 17.8. The van der Waals surface area contributed by atoms with Crippen LogP contribution in [0.5, 0.6) is 0 Å². The predicted molar refractivity (Wildman–Crippen MR) is 88.9 cm³/mol. The number of nitrogens with zero attached hydrogens (tertiary/aromatic N) is 2. The molecule has 0 radical (unpaired) electrons. The molecule has 0 aliphatic carbocycles. The van der Waals surface area contributed by atoms with Crippen LogP contribution in [-0.2, 0) is 4.74 Å². The molecule has 1 amide bonds. The predicted octanol–water partition coefficient (Wildman–Crippen LogP) is 3.44. The van der Waals surface area contributed by atoms with E-state index in [9.17, 15) is 19.7 Å². The van der Waals surface area contributed by atoms with Gasteiger partial charge in [-0.05, 0) is 26.0 Å². The van der Waals surface area contributed by atoms with Crippen molar-refractivity contribution in [3.05, 3.63) is 49.5 Å². The minimum absolute atomic E-state index is 0.0524. The van der Waals surface area contributed by atoms with Crippen molar-refractivity contribution in [1.82, 2.24) is 4.98 Å². The number of nitrogens with one attached hydrogen (secondary N) is 1. The third-order valence-electron chi connectivity index (χ3n) is 2.88. The van der Waals surface area contributed by atoms with Gasteiger partial charge in [0, 0.05) is 11.6 Å². The highest BCUT2D eigenvalue weighted by atomic mass is 35.5. The molecule has 2 rings (SSSR count). The highest BCUT2D eigenvalue weighted by Crippen LogP contribution is 2.27. The summed E-state index contributed by atoms with van der Waals surface area (Å²) in [6, 6.07) is 3.70. The van der Waals surface area contributed by atoms with Gasteiger partial charge in [-0.1, -0.05) is 22.9 Å². The van der Waals surface area contributed by atoms with Gasteiger partial charge in [-0.3, -0.25) is 20.2 Å². The smallest absolute Gasteiger partial charge is 0.350 e. The molecule has 1 heterocycles. The molecule has 2 aromatic rings. The molecule has 24 heavy (non-hydrogen) atoms. The van der Waals surface area contributed by atoms with Crippen molar-refractivity contribution in [2.75, 3.05) is 11.9 Å². The normalized spacial score (nSPS) is 10.3. The lowest BCUT2D eigenvalue weighted by Crippen LogP contribution is -2.12. The second-order valence-corrected chi connectivity index (χ2v) is 5.94. The van der Waals surface area contributed by atoms with Crippen LogP contribution in [0.2, 0.25) is 5.02 Å². The molecule has 126 valence electrons. The van der Waals surface area contributed by atoms with Gasteiger partial charge in [0.25, 0.3) is 11.6 Å². The number of hydrogen-bond acceptors (Lipinski definition) is 7. The lowest BCUT2D eigenvalue weighted by molar-refractivity contribution is -0.384. The monoisotopic (exact) mass is 369 g/mol. The number of aryl methyl sites for hydroxylation is 1. The highest BCUT2D eigenvalue weighted by Gasteiger charge is 2.20. The number of benzene rings is 1. The van der Waals surface area contributed by atoms with Crippen molar-refractivity contribution in [1.29, 1.82) is 0 Å². The first-order valence-electron chi connectivity index (χ1n) is 6.73. The van der Waals surface area contributed by atoms with Crippen LogP contribution in [0.25, 0.3) is 0 Å². The molecule has 10 heteroatoms. The zero-order valence-corrected chi connectivity index (χ0v) is 14.2. The van der Waals surface area contributed by atoms with Crippen LogP contribution in [0.15, 0.2) is 18.2 Å². The second kappa shape index (κ2) is 7.37. The molecule has 0 aliphatic rings. The Morgan fingerprint density at radius 1 is 1.46 bits per heavy atom. The molecule has 0 saturated carbocycles. The van der Waals surface area contributed by atoms with Crippen molar-refractivity contribution in [3.8, 4) is 0 Å². The molecular weight excluding hydrogens is 358 g/mol. The van der Waals surface area contributed by atoms with Crippen molar-refractivity contribution < 1.29 is 19.2 Å². The molecule has 0 aliphatic heterocycles. The molecule has 1 aromatic heterocycles. The van der Waals surface area contributed by atoms with E-state index in [-0.39, 0.29) is 32.9 Å². The number of anilines is 1. The first-order valence-corrected chi connectivity index (χ1v) is 7.92. The number of rotatable bonds is 5. The average molecular weight is 370 g/mol. The summed E-state index contributed by atoms with van der Waals surface area (Å²) < 4.78 is 4.90. The Kier molecular flexibility index (Phi) is 5.47. The largest absolute Gasteiger partial charge is 0.462 e. The van der Waals surface area contributed by atoms with E-state index >= 15 is 0 Å². The Hall–Kier alpha value is -2.52. The quantitative estimate of drug-likeness (QED) is 0.491. The fraction of sp³-hybridized carbons (Fsp3) is 0.214. The van der Waals surface area contributed by atoms with Crippen LogP contribution in [0.4, 0.5) is 10.8 Å². The molecule has 0 fully saturated rings. The maximum absolute atomic E-state index is 12.2. The number of carbonyl (C=O) groups excluding carboxylic acids is 2. The van der Waals surface area contributed by atoms with Crippen LogP contribution < -0.4 is 5.32 Å². The Labute approximate surface area is 145 Å². The summed E-state index contributed by atoms with van der Waals surface area (Å²) in [5, 5.41) is 13.5. The van der Waals surface area contributed by atoms with E-state index in [1.807, 2.05) is 0 Å². The van der Waals surface area contributed by atoms with E-state index in [2.05, 4.69) is 10.3 Å². The number of nitro benzene ring substituents is 1. The molecule has 0 atom stereocenters. The number of carbonyl (C=O) groups is 2. The van der Waals surface area contributed by atoms with Gasteiger partial charge >= 0.3 is 5.97 Å². The second-order valence-electron chi connectivity index (χ2n) is 4.53. The van der Waals surface area contributed by atoms with Gasteiger partial charge in [0.1, 0.15) is 9.90 Å². The van der Waals surface area contributed by atoms with Crippen LogP contribution in [0.3, 0.4) is 0 Å². The number of esters is 1. The van der Waals surface area contributed by atoms with Crippen LogP contribution in [0.1, 0.15) is 32.6 Å². The minimum Gasteiger partial charge on any atom is -0.462 e. The van der Waals surface area contributed by atoms with Gasteiger partial charge in [-0.25, -0.2) is 9.78 Å². The summed E-state index contributed by atoms with van der Waals surface area (Å²) in [7, 11) is 0. The molecule has 0 bridgehead atoms. The number of ether oxygens (including phenoxy) is 1. The van der Waals surface area contributed by atoms with Crippen LogP contribution in [-0.4, -0.2) is 28.4 Å². The lowest BCUT2D eigenvalue weighted by Gasteiger charge is -2.02. The third kappa shape index (κ3) is 3.87. The van der Waals surface area contributed by atoms with Gasteiger partial charge in [0.2, 0.25) is 0 Å². The SMILES string of the molecule is CCOC(=O)c1sc(NC(=O)c2ccc(Cl)c([N+](=O)[O-])c2)nc1C. The summed E-state index contributed by atoms with van der Waals surface area (Å²) in [6.07, 6.45) is 0. The van der Waals surface area contributed by atoms with Gasteiger partial charge in [-0.15, -0.1) is 0 Å². The summed E-state index contributed by atoms with van der Waals surface area (Å²) >= 11 is 6.68. The highest BCUT2D eigenvalue weighted by molar-refractivity contribution is 7.17. The Balaban J connectivity index is 2.21. The zero-order chi connectivity index (χ0) is 17.9. The Morgan fingerprint density at radius 3 is 2.79 bits per heavy atom. The first-order chi connectivity index (χ1) is 11.3. The van der Waals surface area contributed by atoms with Crippen LogP contribution >= 0.6 is 22.9 Å². The van der Waals surface area contributed by atoms with Gasteiger partial charge in [-0.2, -0.15) is 0 Å². The summed E-state index contributed by atoms with van der Waals surface area (Å²) in [5.74, 6) is -1.12. The van der Waals surface area contributed by atoms with Crippen molar-refractivity contribution in [2.24, 2.45) is 0 Å². The standard InChI is InChI=1S/C14H12ClN3O5S/c1-3-23-13(20)11-7(2)16-14(24-11)17-12(19)8-4-5-9(15)10(6-8)18(21)22/h4-6H,3H2,1-2H3,(H,16,17,19). The molecular formula is C14H12ClN3O5S. The van der Waals surface area contributed by atoms with Crippen LogP contribution in [0, 0.1) is 17.0 Å². The topological polar surface area (TPSA) is 111 Å². The summed E-state index contributed by atoms with van der Waals surface area (Å²) in [5.41, 5.74) is 0.110. The molecule has 0 spiro atoms.